The zero-order valence-electron chi connectivity index (χ0n) is 11.4. The molecule has 0 bridgehead atoms. The summed E-state index contributed by atoms with van der Waals surface area (Å²) in [5.74, 6) is -0.848. The molecule has 1 aromatic heterocycles. The van der Waals surface area contributed by atoms with Gasteiger partial charge in [0.2, 0.25) is 5.91 Å². The van der Waals surface area contributed by atoms with Crippen molar-refractivity contribution in [1.82, 2.24) is 4.98 Å². The maximum Gasteiger partial charge on any atom is 0.356 e. The van der Waals surface area contributed by atoms with Gasteiger partial charge in [-0.3, -0.25) is 4.79 Å². The molecule has 0 unspecified atom stereocenters. The molecule has 0 saturated heterocycles. The predicted octanol–water partition coefficient (Wildman–Crippen LogP) is 1.97. The number of carbonyl (C=O) groups is 2. The summed E-state index contributed by atoms with van der Waals surface area (Å²) in [5, 5.41) is 11.6. The molecule has 1 aromatic carbocycles. The Morgan fingerprint density at radius 2 is 2.10 bits per heavy atom. The summed E-state index contributed by atoms with van der Waals surface area (Å²) in [6.45, 7) is 0. The molecule has 2 rings (SSSR count). The average molecular weight is 286 g/mol. The van der Waals surface area contributed by atoms with Gasteiger partial charge in [0.1, 0.15) is 5.75 Å². The number of carboxylic acid groups (broad SMARTS) is 1. The van der Waals surface area contributed by atoms with Crippen LogP contribution >= 0.6 is 0 Å². The van der Waals surface area contributed by atoms with Gasteiger partial charge in [-0.25, -0.2) is 9.78 Å². The first-order chi connectivity index (χ1) is 10.1. The van der Waals surface area contributed by atoms with Crippen molar-refractivity contribution in [2.24, 2.45) is 0 Å². The number of pyridine rings is 1. The number of aromatic nitrogens is 1. The second-order valence-corrected chi connectivity index (χ2v) is 4.28. The Morgan fingerprint density at radius 1 is 1.29 bits per heavy atom. The van der Waals surface area contributed by atoms with E-state index in [1.165, 1.54) is 12.3 Å². The standard InChI is InChI=1S/C15H14N2O4/c1-21-11-5-2-4-10(8-11)9-13(18)17-12-6-3-7-16-14(12)15(19)20/h2-8H,9H2,1H3,(H,17,18)(H,19,20). The van der Waals surface area contributed by atoms with Crippen LogP contribution in [0.4, 0.5) is 5.69 Å². The number of benzene rings is 1. The second kappa shape index (κ2) is 6.51. The summed E-state index contributed by atoms with van der Waals surface area (Å²) in [6, 6.07) is 10.2. The number of anilines is 1. The first-order valence-corrected chi connectivity index (χ1v) is 6.21. The van der Waals surface area contributed by atoms with Crippen LogP contribution in [-0.4, -0.2) is 29.1 Å². The lowest BCUT2D eigenvalue weighted by Gasteiger charge is -2.08. The smallest absolute Gasteiger partial charge is 0.356 e. The molecule has 0 spiro atoms. The number of hydrogen-bond acceptors (Lipinski definition) is 4. The van der Waals surface area contributed by atoms with Crippen LogP contribution in [0, 0.1) is 0 Å². The van der Waals surface area contributed by atoms with Gasteiger partial charge in [0, 0.05) is 6.20 Å². The quantitative estimate of drug-likeness (QED) is 0.877. The number of amides is 1. The van der Waals surface area contributed by atoms with E-state index in [1.807, 2.05) is 0 Å². The Balaban J connectivity index is 2.10. The van der Waals surface area contributed by atoms with Crippen LogP contribution in [-0.2, 0) is 11.2 Å². The first-order valence-electron chi connectivity index (χ1n) is 6.21. The van der Waals surface area contributed by atoms with Crippen LogP contribution in [0.1, 0.15) is 16.1 Å². The summed E-state index contributed by atoms with van der Waals surface area (Å²) in [4.78, 5) is 26.7. The maximum atomic E-state index is 12.0. The predicted molar refractivity (Wildman–Crippen MR) is 76.5 cm³/mol. The van der Waals surface area contributed by atoms with Gasteiger partial charge in [-0.05, 0) is 29.8 Å². The molecular weight excluding hydrogens is 272 g/mol. The van der Waals surface area contributed by atoms with Gasteiger partial charge < -0.3 is 15.2 Å². The lowest BCUT2D eigenvalue weighted by Crippen LogP contribution is -2.17. The summed E-state index contributed by atoms with van der Waals surface area (Å²) in [5.41, 5.74) is 0.766. The number of ether oxygens (including phenoxy) is 1. The summed E-state index contributed by atoms with van der Waals surface area (Å²) < 4.78 is 5.09. The van der Waals surface area contributed by atoms with Gasteiger partial charge >= 0.3 is 5.97 Å². The highest BCUT2D eigenvalue weighted by molar-refractivity contribution is 5.99. The summed E-state index contributed by atoms with van der Waals surface area (Å²) in [7, 11) is 1.55. The first kappa shape index (κ1) is 14.5. The highest BCUT2D eigenvalue weighted by Gasteiger charge is 2.13. The highest BCUT2D eigenvalue weighted by Crippen LogP contribution is 2.15. The van der Waals surface area contributed by atoms with Crippen molar-refractivity contribution in [3.8, 4) is 5.75 Å². The Morgan fingerprint density at radius 3 is 2.81 bits per heavy atom. The average Bonchev–Trinajstić information content (AvgIpc) is 2.47. The SMILES string of the molecule is COc1cccc(CC(=O)Nc2cccnc2C(=O)O)c1. The van der Waals surface area contributed by atoms with E-state index in [2.05, 4.69) is 10.3 Å². The third-order valence-corrected chi connectivity index (χ3v) is 2.78. The van der Waals surface area contributed by atoms with Gasteiger partial charge in [0.05, 0.1) is 19.2 Å². The van der Waals surface area contributed by atoms with Crippen molar-refractivity contribution < 1.29 is 19.4 Å². The van der Waals surface area contributed by atoms with Crippen LogP contribution in [0.2, 0.25) is 0 Å². The van der Waals surface area contributed by atoms with Gasteiger partial charge in [0.25, 0.3) is 0 Å². The maximum absolute atomic E-state index is 12.0. The highest BCUT2D eigenvalue weighted by atomic mass is 16.5. The number of aromatic carboxylic acids is 1. The lowest BCUT2D eigenvalue weighted by atomic mass is 10.1. The molecule has 1 heterocycles. The van der Waals surface area contributed by atoms with Crippen molar-refractivity contribution in [3.05, 3.63) is 53.9 Å². The Bertz CT molecular complexity index is 670. The molecule has 2 N–H and O–H groups in total. The van der Waals surface area contributed by atoms with Crippen LogP contribution < -0.4 is 10.1 Å². The van der Waals surface area contributed by atoms with E-state index in [4.69, 9.17) is 9.84 Å². The van der Waals surface area contributed by atoms with E-state index in [9.17, 15) is 9.59 Å². The van der Waals surface area contributed by atoms with E-state index < -0.39 is 5.97 Å². The van der Waals surface area contributed by atoms with E-state index in [0.717, 1.165) is 5.56 Å². The Labute approximate surface area is 121 Å². The largest absolute Gasteiger partial charge is 0.497 e. The molecule has 0 aliphatic carbocycles. The molecule has 0 radical (unpaired) electrons. The van der Waals surface area contributed by atoms with E-state index >= 15 is 0 Å². The van der Waals surface area contributed by atoms with E-state index in [1.54, 1.807) is 37.4 Å². The lowest BCUT2D eigenvalue weighted by molar-refractivity contribution is -0.115. The molecule has 21 heavy (non-hydrogen) atoms. The van der Waals surface area contributed by atoms with Crippen molar-refractivity contribution in [3.63, 3.8) is 0 Å². The minimum atomic E-state index is -1.19. The van der Waals surface area contributed by atoms with Crippen LogP contribution in [0.5, 0.6) is 5.75 Å². The molecular formula is C15H14N2O4. The molecule has 6 heteroatoms. The fourth-order valence-corrected chi connectivity index (χ4v) is 1.84. The van der Waals surface area contributed by atoms with Crippen molar-refractivity contribution in [2.45, 2.75) is 6.42 Å². The number of carbonyl (C=O) groups excluding carboxylic acids is 1. The molecule has 0 atom stereocenters. The Hall–Kier alpha value is -2.89. The van der Waals surface area contributed by atoms with Crippen LogP contribution in [0.15, 0.2) is 42.6 Å². The topological polar surface area (TPSA) is 88.5 Å². The second-order valence-electron chi connectivity index (χ2n) is 4.28. The van der Waals surface area contributed by atoms with Crippen molar-refractivity contribution in [2.75, 3.05) is 12.4 Å². The number of hydrogen-bond donors (Lipinski definition) is 2. The third-order valence-electron chi connectivity index (χ3n) is 2.78. The molecule has 0 fully saturated rings. The fourth-order valence-electron chi connectivity index (χ4n) is 1.84. The van der Waals surface area contributed by atoms with E-state index in [0.29, 0.717) is 5.75 Å². The molecule has 1 amide bonds. The zero-order valence-corrected chi connectivity index (χ0v) is 11.4. The van der Waals surface area contributed by atoms with Crippen molar-refractivity contribution >= 4 is 17.6 Å². The number of methoxy groups -OCH3 is 1. The van der Waals surface area contributed by atoms with Gasteiger partial charge in [-0.2, -0.15) is 0 Å². The fraction of sp³-hybridized carbons (Fsp3) is 0.133. The monoisotopic (exact) mass is 286 g/mol. The molecule has 2 aromatic rings. The Kier molecular flexibility index (Phi) is 4.50. The van der Waals surface area contributed by atoms with E-state index in [-0.39, 0.29) is 23.7 Å². The van der Waals surface area contributed by atoms with Crippen LogP contribution in [0.25, 0.3) is 0 Å². The van der Waals surface area contributed by atoms with Gasteiger partial charge in [0.15, 0.2) is 5.69 Å². The summed E-state index contributed by atoms with van der Waals surface area (Å²) in [6.07, 6.45) is 1.48. The molecule has 6 nitrogen and oxygen atoms in total. The van der Waals surface area contributed by atoms with Gasteiger partial charge in [-0.1, -0.05) is 12.1 Å². The van der Waals surface area contributed by atoms with Crippen LogP contribution in [0.3, 0.4) is 0 Å². The molecule has 108 valence electrons. The molecule has 0 aliphatic rings. The zero-order chi connectivity index (χ0) is 15.2. The number of carboxylic acids is 1. The number of rotatable bonds is 5. The van der Waals surface area contributed by atoms with Gasteiger partial charge in [-0.15, -0.1) is 0 Å². The minimum absolute atomic E-state index is 0.116. The third kappa shape index (κ3) is 3.79. The number of nitrogens with one attached hydrogen (secondary N) is 1. The number of nitrogens with zero attached hydrogens (tertiary/aromatic N) is 1. The van der Waals surface area contributed by atoms with Crippen molar-refractivity contribution in [1.29, 1.82) is 0 Å². The normalized spacial score (nSPS) is 9.95. The molecule has 0 saturated carbocycles. The molecule has 0 aliphatic heterocycles. The minimum Gasteiger partial charge on any atom is -0.497 e. The summed E-state index contributed by atoms with van der Waals surface area (Å²) >= 11 is 0.